The Morgan fingerprint density at radius 1 is 0.456 bits per heavy atom. The van der Waals surface area contributed by atoms with Crippen molar-refractivity contribution in [2.24, 2.45) is 0 Å². The lowest BCUT2D eigenvalue weighted by molar-refractivity contribution is -0.379. The van der Waals surface area contributed by atoms with Crippen molar-refractivity contribution < 1.29 is 89.4 Å². The van der Waals surface area contributed by atoms with Crippen LogP contribution in [0.2, 0.25) is 0 Å². The highest BCUT2D eigenvalue weighted by molar-refractivity contribution is 5.76. The number of hydrogen-bond donors (Lipinski definition) is 12. The number of allylic oxidation sites excluding steroid dienone is 4. The quantitative estimate of drug-likeness (QED) is 0.0248. The number of carbonyl (C=O) groups excluding carboxylic acids is 1. The Morgan fingerprint density at radius 3 is 1.30 bits per heavy atom. The lowest BCUT2D eigenvalue weighted by Crippen LogP contribution is -2.66. The molecule has 3 aliphatic rings. The maximum Gasteiger partial charge on any atom is 0.220 e. The van der Waals surface area contributed by atoms with Gasteiger partial charge in [0.25, 0.3) is 0 Å². The van der Waals surface area contributed by atoms with Gasteiger partial charge in [-0.3, -0.25) is 4.79 Å². The summed E-state index contributed by atoms with van der Waals surface area (Å²) in [5.74, 6) is -0.250. The molecule has 0 spiro atoms. The first kappa shape index (κ1) is 71.5. The second-order valence-corrected chi connectivity index (χ2v) is 22.5. The van der Waals surface area contributed by atoms with E-state index in [2.05, 4.69) is 43.5 Å². The van der Waals surface area contributed by atoms with Gasteiger partial charge in [-0.25, -0.2) is 0 Å². The number of unbranched alkanes of at least 4 members (excludes halogenated alkanes) is 26. The molecule has 0 radical (unpaired) electrons. The molecule has 0 aromatic rings. The zero-order chi connectivity index (χ0) is 57.6. The fraction of sp³-hybridized carbons (Fsp3) is 0.917. The number of aliphatic hydroxyl groups is 11. The SMILES string of the molecule is CCCCCC/C=C\C/C=C\CCCCCCCCCC(=O)NC(COC1OC(CO)C(OC2OC(CO)C(OC3OC(CO)C(O)C(O)C3O)C(O)C2O)C(O)C1O)C(O)CCCCCCCCCCCCCCCCCC. The Bertz CT molecular complexity index is 1540. The molecule has 3 saturated heterocycles. The highest BCUT2D eigenvalue weighted by Gasteiger charge is 2.53. The number of hydrogen-bond acceptors (Lipinski definition) is 18. The first-order valence-electron chi connectivity index (χ1n) is 31.1. The van der Waals surface area contributed by atoms with Gasteiger partial charge < -0.3 is 89.9 Å². The van der Waals surface area contributed by atoms with Gasteiger partial charge >= 0.3 is 0 Å². The van der Waals surface area contributed by atoms with Crippen LogP contribution in [0.4, 0.5) is 0 Å². The molecular formula is C60H111NO18. The van der Waals surface area contributed by atoms with Gasteiger partial charge in [0.1, 0.15) is 73.2 Å². The number of ether oxygens (including phenoxy) is 6. The van der Waals surface area contributed by atoms with E-state index in [9.17, 15) is 61.0 Å². The minimum atomic E-state index is -1.97. The summed E-state index contributed by atoms with van der Waals surface area (Å²) in [6, 6.07) is -0.889. The average Bonchev–Trinajstić information content (AvgIpc) is 3.47. The topological polar surface area (TPSA) is 307 Å². The van der Waals surface area contributed by atoms with Crippen molar-refractivity contribution in [3.8, 4) is 0 Å². The fourth-order valence-corrected chi connectivity index (χ4v) is 10.6. The molecule has 17 atom stereocenters. The Balaban J connectivity index is 1.49. The molecule has 0 aromatic heterocycles. The average molecular weight is 1130 g/mol. The standard InChI is InChI=1S/C60H111NO18/c1-3-5-7-9-11-13-15-17-19-21-22-24-26-28-30-32-34-36-38-48(66)61-43(44(65)37-35-33-31-29-27-25-23-20-18-16-14-12-10-8-6-4-2)42-74-58-54(72)51(69)56(46(40-63)76-58)79-60-55(73)52(70)57(47(41-64)77-60)78-59-53(71)50(68)49(67)45(39-62)75-59/h13,15,19,21,43-47,49-60,62-65,67-73H,3-12,14,16-18,20,22-42H2,1-2H3,(H,61,66)/b15-13-,21-19-. The first-order chi connectivity index (χ1) is 38.3. The van der Waals surface area contributed by atoms with E-state index in [1.54, 1.807) is 0 Å². The number of amides is 1. The van der Waals surface area contributed by atoms with E-state index in [1.807, 2.05) is 0 Å². The molecule has 3 heterocycles. The molecule has 79 heavy (non-hydrogen) atoms. The Hall–Kier alpha value is -1.73. The van der Waals surface area contributed by atoms with E-state index < -0.39 is 124 Å². The molecule has 17 unspecified atom stereocenters. The molecule has 12 N–H and O–H groups in total. The van der Waals surface area contributed by atoms with Gasteiger partial charge in [-0.05, 0) is 44.9 Å². The maximum absolute atomic E-state index is 13.4. The summed E-state index contributed by atoms with van der Waals surface area (Å²) in [5, 5.41) is 120. The van der Waals surface area contributed by atoms with Gasteiger partial charge in [0.05, 0.1) is 38.6 Å². The van der Waals surface area contributed by atoms with Gasteiger partial charge in [0.2, 0.25) is 5.91 Å². The van der Waals surface area contributed by atoms with Crippen LogP contribution in [0.3, 0.4) is 0 Å². The third kappa shape index (κ3) is 27.7. The van der Waals surface area contributed by atoms with Crippen LogP contribution < -0.4 is 5.32 Å². The lowest BCUT2D eigenvalue weighted by atomic mass is 9.96. The molecule has 464 valence electrons. The number of nitrogens with one attached hydrogen (secondary N) is 1. The van der Waals surface area contributed by atoms with Crippen LogP contribution in [-0.4, -0.2) is 193 Å². The van der Waals surface area contributed by atoms with Crippen molar-refractivity contribution in [3.05, 3.63) is 24.3 Å². The van der Waals surface area contributed by atoms with Crippen LogP contribution in [-0.2, 0) is 33.2 Å². The Kier molecular flexibility index (Phi) is 39.7. The number of carbonyl (C=O) groups is 1. The van der Waals surface area contributed by atoms with Crippen molar-refractivity contribution in [1.29, 1.82) is 0 Å². The molecule has 3 rings (SSSR count). The third-order valence-corrected chi connectivity index (χ3v) is 15.8. The van der Waals surface area contributed by atoms with Crippen LogP contribution in [0, 0.1) is 0 Å². The van der Waals surface area contributed by atoms with E-state index in [4.69, 9.17) is 28.4 Å². The van der Waals surface area contributed by atoms with Crippen LogP contribution >= 0.6 is 0 Å². The molecular weight excluding hydrogens is 1020 g/mol. The normalized spacial score (nSPS) is 30.4. The molecule has 1 amide bonds. The number of rotatable bonds is 46. The summed E-state index contributed by atoms with van der Waals surface area (Å²) in [4.78, 5) is 13.4. The van der Waals surface area contributed by atoms with Gasteiger partial charge in [-0.1, -0.05) is 192 Å². The lowest BCUT2D eigenvalue weighted by Gasteiger charge is -2.48. The minimum absolute atomic E-state index is 0.250. The van der Waals surface area contributed by atoms with Crippen LogP contribution in [0.25, 0.3) is 0 Å². The highest BCUT2D eigenvalue weighted by Crippen LogP contribution is 2.33. The predicted octanol–water partition coefficient (Wildman–Crippen LogP) is 5.93. The van der Waals surface area contributed by atoms with E-state index in [-0.39, 0.29) is 18.9 Å². The summed E-state index contributed by atoms with van der Waals surface area (Å²) in [5.41, 5.74) is 0. The highest BCUT2D eigenvalue weighted by atomic mass is 16.8. The van der Waals surface area contributed by atoms with Crippen molar-refractivity contribution >= 4 is 5.91 Å². The van der Waals surface area contributed by atoms with E-state index in [1.165, 1.54) is 116 Å². The summed E-state index contributed by atoms with van der Waals surface area (Å²) < 4.78 is 34.3. The second kappa shape index (κ2) is 43.8. The summed E-state index contributed by atoms with van der Waals surface area (Å²) in [6.45, 7) is 1.77. The maximum atomic E-state index is 13.4. The van der Waals surface area contributed by atoms with Crippen molar-refractivity contribution in [2.45, 2.75) is 324 Å². The molecule has 0 bridgehead atoms. The first-order valence-corrected chi connectivity index (χ1v) is 31.1. The summed E-state index contributed by atoms with van der Waals surface area (Å²) in [6.07, 6.45) is 18.2. The van der Waals surface area contributed by atoms with Gasteiger partial charge in [-0.15, -0.1) is 0 Å². The Labute approximate surface area is 473 Å². The van der Waals surface area contributed by atoms with Gasteiger partial charge in [-0.2, -0.15) is 0 Å². The molecule has 19 heteroatoms. The van der Waals surface area contributed by atoms with Gasteiger partial charge in [0, 0.05) is 6.42 Å². The molecule has 3 fully saturated rings. The van der Waals surface area contributed by atoms with Crippen LogP contribution in [0.15, 0.2) is 24.3 Å². The van der Waals surface area contributed by atoms with Gasteiger partial charge in [0.15, 0.2) is 18.9 Å². The largest absolute Gasteiger partial charge is 0.394 e. The van der Waals surface area contributed by atoms with Crippen molar-refractivity contribution in [1.82, 2.24) is 5.32 Å². The monoisotopic (exact) mass is 1130 g/mol. The zero-order valence-corrected chi connectivity index (χ0v) is 48.4. The third-order valence-electron chi connectivity index (χ3n) is 15.8. The van der Waals surface area contributed by atoms with Crippen molar-refractivity contribution in [2.75, 3.05) is 26.4 Å². The van der Waals surface area contributed by atoms with Crippen molar-refractivity contribution in [3.63, 3.8) is 0 Å². The molecule has 0 saturated carbocycles. The Morgan fingerprint density at radius 2 is 0.835 bits per heavy atom. The molecule has 19 nitrogen and oxygen atoms in total. The second-order valence-electron chi connectivity index (χ2n) is 22.5. The summed E-state index contributed by atoms with van der Waals surface area (Å²) in [7, 11) is 0. The molecule has 0 aliphatic carbocycles. The summed E-state index contributed by atoms with van der Waals surface area (Å²) >= 11 is 0. The van der Waals surface area contributed by atoms with E-state index in [0.29, 0.717) is 12.8 Å². The zero-order valence-electron chi connectivity index (χ0n) is 48.4. The van der Waals surface area contributed by atoms with Crippen LogP contribution in [0.5, 0.6) is 0 Å². The smallest absolute Gasteiger partial charge is 0.220 e. The molecule has 3 aliphatic heterocycles. The molecule has 0 aromatic carbocycles. The predicted molar refractivity (Wildman–Crippen MR) is 300 cm³/mol. The van der Waals surface area contributed by atoms with E-state index in [0.717, 1.165) is 70.6 Å². The van der Waals surface area contributed by atoms with E-state index >= 15 is 0 Å². The van der Waals surface area contributed by atoms with Crippen LogP contribution in [0.1, 0.15) is 219 Å². The number of aliphatic hydroxyl groups excluding tert-OH is 11. The minimum Gasteiger partial charge on any atom is -0.394 e. The fourth-order valence-electron chi connectivity index (χ4n) is 10.6.